The number of nitrogens with one attached hydrogen (secondary N) is 1. The molecule has 0 fully saturated rings. The average molecular weight is 267 g/mol. The Hall–Kier alpha value is -1.80. The molecule has 0 saturated carbocycles. The Morgan fingerprint density at radius 2 is 1.80 bits per heavy atom. The minimum absolute atomic E-state index is 0.327. The molecule has 1 atom stereocenters. The minimum Gasteiger partial charge on any atom is -0.508 e. The normalized spacial score (nSPS) is 18.3. The lowest BCUT2D eigenvalue weighted by molar-refractivity contribution is 0.473. The Morgan fingerprint density at radius 1 is 1.00 bits per heavy atom. The van der Waals surface area contributed by atoms with Gasteiger partial charge in [0, 0.05) is 12.6 Å². The molecule has 1 aliphatic carbocycles. The average Bonchev–Trinajstić information content (AvgIpc) is 2.69. The summed E-state index contributed by atoms with van der Waals surface area (Å²) in [5.74, 6) is 0.327. The van der Waals surface area contributed by atoms with Gasteiger partial charge in [0.1, 0.15) is 5.75 Å². The van der Waals surface area contributed by atoms with Crippen LogP contribution in [0.1, 0.15) is 42.0 Å². The summed E-state index contributed by atoms with van der Waals surface area (Å²) in [5, 5.41) is 13.0. The second kappa shape index (κ2) is 6.10. The largest absolute Gasteiger partial charge is 0.508 e. The fraction of sp³-hybridized carbons (Fsp3) is 0.333. The lowest BCUT2D eigenvalue weighted by atomic mass is 9.99. The molecule has 2 N–H and O–H groups in total. The highest BCUT2D eigenvalue weighted by Gasteiger charge is 2.17. The van der Waals surface area contributed by atoms with Crippen molar-refractivity contribution in [2.24, 2.45) is 0 Å². The molecule has 3 rings (SSSR count). The van der Waals surface area contributed by atoms with Gasteiger partial charge in [-0.1, -0.05) is 42.8 Å². The molecule has 0 radical (unpaired) electrons. The van der Waals surface area contributed by atoms with Crippen molar-refractivity contribution in [2.45, 2.75) is 38.3 Å². The molecule has 1 aliphatic rings. The highest BCUT2D eigenvalue weighted by molar-refractivity contribution is 5.31. The van der Waals surface area contributed by atoms with Gasteiger partial charge in [0.05, 0.1) is 0 Å². The van der Waals surface area contributed by atoms with Crippen LogP contribution in [0.3, 0.4) is 0 Å². The molecule has 2 nitrogen and oxygen atoms in total. The molecular weight excluding hydrogens is 246 g/mol. The number of hydrogen-bond donors (Lipinski definition) is 2. The predicted octanol–water partition coefficient (Wildman–Crippen LogP) is 3.95. The van der Waals surface area contributed by atoms with E-state index in [2.05, 4.69) is 29.6 Å². The van der Waals surface area contributed by atoms with E-state index >= 15 is 0 Å². The highest BCUT2D eigenvalue weighted by atomic mass is 16.3. The number of rotatable bonds is 3. The summed E-state index contributed by atoms with van der Waals surface area (Å²) in [6.07, 6.45) is 4.97. The van der Waals surface area contributed by atoms with E-state index in [0.717, 1.165) is 6.54 Å². The molecule has 1 unspecified atom stereocenters. The van der Waals surface area contributed by atoms with E-state index in [9.17, 15) is 5.11 Å². The van der Waals surface area contributed by atoms with Crippen LogP contribution in [0.2, 0.25) is 0 Å². The number of benzene rings is 2. The number of phenolic OH excluding ortho intramolecular Hbond substituents is 1. The number of aromatic hydroxyl groups is 1. The summed E-state index contributed by atoms with van der Waals surface area (Å²) in [6.45, 7) is 0.847. The summed E-state index contributed by atoms with van der Waals surface area (Å²) in [7, 11) is 0. The van der Waals surface area contributed by atoms with Gasteiger partial charge in [-0.2, -0.15) is 0 Å². The lowest BCUT2D eigenvalue weighted by Crippen LogP contribution is -2.21. The molecule has 0 spiro atoms. The van der Waals surface area contributed by atoms with Crippen molar-refractivity contribution in [3.05, 3.63) is 65.2 Å². The smallest absolute Gasteiger partial charge is 0.115 e. The van der Waals surface area contributed by atoms with E-state index in [1.165, 1.54) is 42.4 Å². The molecule has 0 amide bonds. The first-order chi connectivity index (χ1) is 9.83. The maximum absolute atomic E-state index is 9.32. The molecule has 0 aromatic heterocycles. The van der Waals surface area contributed by atoms with Crippen LogP contribution in [-0.2, 0) is 13.0 Å². The van der Waals surface area contributed by atoms with Gasteiger partial charge < -0.3 is 10.4 Å². The predicted molar refractivity (Wildman–Crippen MR) is 81.7 cm³/mol. The van der Waals surface area contributed by atoms with Crippen molar-refractivity contribution >= 4 is 0 Å². The highest BCUT2D eigenvalue weighted by Crippen LogP contribution is 2.28. The number of fused-ring (bicyclic) bond motifs is 1. The van der Waals surface area contributed by atoms with Gasteiger partial charge in [0.25, 0.3) is 0 Å². The monoisotopic (exact) mass is 267 g/mol. The van der Waals surface area contributed by atoms with E-state index in [1.807, 2.05) is 12.1 Å². The van der Waals surface area contributed by atoms with Gasteiger partial charge in [-0.25, -0.2) is 0 Å². The molecule has 2 aromatic carbocycles. The Labute approximate surface area is 120 Å². The second-order valence-electron chi connectivity index (χ2n) is 5.54. The van der Waals surface area contributed by atoms with Gasteiger partial charge in [-0.3, -0.25) is 0 Å². The van der Waals surface area contributed by atoms with E-state index in [0.29, 0.717) is 11.8 Å². The number of hydrogen-bond acceptors (Lipinski definition) is 2. The third-order valence-electron chi connectivity index (χ3n) is 4.11. The van der Waals surface area contributed by atoms with Gasteiger partial charge in [-0.15, -0.1) is 0 Å². The second-order valence-corrected chi connectivity index (χ2v) is 5.54. The zero-order valence-corrected chi connectivity index (χ0v) is 11.7. The van der Waals surface area contributed by atoms with E-state index in [4.69, 9.17) is 0 Å². The van der Waals surface area contributed by atoms with Gasteiger partial charge in [-0.05, 0) is 48.1 Å². The van der Waals surface area contributed by atoms with Gasteiger partial charge in [0.15, 0.2) is 0 Å². The quantitative estimate of drug-likeness (QED) is 0.825. The first kappa shape index (κ1) is 13.2. The van der Waals surface area contributed by atoms with Crippen molar-refractivity contribution in [2.75, 3.05) is 0 Å². The molecule has 20 heavy (non-hydrogen) atoms. The van der Waals surface area contributed by atoms with Crippen LogP contribution in [0.5, 0.6) is 5.75 Å². The summed E-state index contributed by atoms with van der Waals surface area (Å²) < 4.78 is 0. The maximum Gasteiger partial charge on any atom is 0.115 e. The molecule has 0 heterocycles. The zero-order valence-electron chi connectivity index (χ0n) is 11.7. The number of aryl methyl sites for hydroxylation is 1. The number of phenols is 1. The van der Waals surface area contributed by atoms with Crippen molar-refractivity contribution < 1.29 is 5.11 Å². The van der Waals surface area contributed by atoms with Crippen LogP contribution < -0.4 is 5.32 Å². The summed E-state index contributed by atoms with van der Waals surface area (Å²) in [4.78, 5) is 0. The first-order valence-electron chi connectivity index (χ1n) is 7.42. The van der Waals surface area contributed by atoms with Crippen molar-refractivity contribution in [3.63, 3.8) is 0 Å². The molecule has 0 bridgehead atoms. The van der Waals surface area contributed by atoms with Crippen molar-refractivity contribution in [1.82, 2.24) is 5.32 Å². The first-order valence-corrected chi connectivity index (χ1v) is 7.42. The van der Waals surface area contributed by atoms with Gasteiger partial charge >= 0.3 is 0 Å². The summed E-state index contributed by atoms with van der Waals surface area (Å²) in [5.41, 5.74) is 4.17. The van der Waals surface area contributed by atoms with E-state index in [-0.39, 0.29) is 0 Å². The van der Waals surface area contributed by atoms with Crippen LogP contribution in [0, 0.1) is 0 Å². The molecule has 0 aliphatic heterocycles. The Morgan fingerprint density at radius 3 is 2.65 bits per heavy atom. The topological polar surface area (TPSA) is 32.3 Å². The summed E-state index contributed by atoms with van der Waals surface area (Å²) in [6, 6.07) is 16.7. The van der Waals surface area contributed by atoms with E-state index < -0.39 is 0 Å². The van der Waals surface area contributed by atoms with Crippen LogP contribution in [0.25, 0.3) is 0 Å². The fourth-order valence-corrected chi connectivity index (χ4v) is 2.99. The van der Waals surface area contributed by atoms with E-state index in [1.54, 1.807) is 12.1 Å². The zero-order chi connectivity index (χ0) is 13.8. The third-order valence-corrected chi connectivity index (χ3v) is 4.11. The SMILES string of the molecule is Oc1ccc(CNC2CCCCc3ccccc32)cc1. The van der Waals surface area contributed by atoms with Crippen LogP contribution >= 0.6 is 0 Å². The maximum atomic E-state index is 9.32. The van der Waals surface area contributed by atoms with Crippen LogP contribution in [0.15, 0.2) is 48.5 Å². The molecule has 104 valence electrons. The Kier molecular flexibility index (Phi) is 4.03. The molecule has 2 aromatic rings. The minimum atomic E-state index is 0.327. The fourth-order valence-electron chi connectivity index (χ4n) is 2.99. The van der Waals surface area contributed by atoms with Crippen LogP contribution in [0.4, 0.5) is 0 Å². The molecule has 0 saturated heterocycles. The summed E-state index contributed by atoms with van der Waals surface area (Å²) >= 11 is 0. The Balaban J connectivity index is 1.72. The van der Waals surface area contributed by atoms with Gasteiger partial charge in [0.2, 0.25) is 0 Å². The van der Waals surface area contributed by atoms with Crippen molar-refractivity contribution in [3.8, 4) is 5.75 Å². The molecular formula is C18H21NO. The van der Waals surface area contributed by atoms with Crippen LogP contribution in [-0.4, -0.2) is 5.11 Å². The van der Waals surface area contributed by atoms with Crippen molar-refractivity contribution in [1.29, 1.82) is 0 Å². The molecule has 2 heteroatoms. The standard InChI is InChI=1S/C18H21NO/c20-16-11-9-14(10-12-16)13-19-18-8-4-2-6-15-5-1-3-7-17(15)18/h1,3,5,7,9-12,18-20H,2,4,6,8,13H2. The third kappa shape index (κ3) is 3.02. The lowest BCUT2D eigenvalue weighted by Gasteiger charge is -2.19. The Bertz CT molecular complexity index is 562.